The molecule has 0 N–H and O–H groups in total. The van der Waals surface area contributed by atoms with Gasteiger partial charge in [-0.05, 0) is 184 Å². The van der Waals surface area contributed by atoms with Gasteiger partial charge in [-0.2, -0.15) is 0 Å². The van der Waals surface area contributed by atoms with Crippen molar-refractivity contribution < 1.29 is 8.83 Å². The van der Waals surface area contributed by atoms with Crippen molar-refractivity contribution in [2.24, 2.45) is 0 Å². The van der Waals surface area contributed by atoms with E-state index in [0.29, 0.717) is 0 Å². The standard InChI is InChI=1S/C56H37NO.C50H33NO/c1-3-10-38(11-4-1)41-24-31-47(32-25-41)57(48-33-26-42(27-34-48)39-12-5-2-6-13-39)49-35-28-43(29-36-49)40-18-20-45(21-19-40)51-16-9-17-52-53-37-30-46-23-22-44-14-7-8-15-50(44)54(46)56(53)58-55(51)52;1-3-10-34(11-4-1)36-24-29-42(30-25-36)51(41-13-5-2-6-14-41)43-31-26-37(27-32-43)35-18-20-39(21-19-35)45-16-9-17-46-47-33-28-40-23-22-38-12-7-8-15-44(38)48(40)50(47)52-49(45)46/h1-37H;1-33H. The highest BCUT2D eigenvalue weighted by molar-refractivity contribution is 6.25. The second-order valence-electron chi connectivity index (χ2n) is 28.2. The Morgan fingerprint density at radius 1 is 0.136 bits per heavy atom. The lowest BCUT2D eigenvalue weighted by Crippen LogP contribution is -2.09. The molecule has 0 aliphatic carbocycles. The summed E-state index contributed by atoms with van der Waals surface area (Å²) in [7, 11) is 0. The average Bonchev–Trinajstić information content (AvgIpc) is 1.58. The molecule has 0 bridgehead atoms. The van der Waals surface area contributed by atoms with Crippen LogP contribution in [0.5, 0.6) is 0 Å². The van der Waals surface area contributed by atoms with Crippen molar-refractivity contribution in [1.82, 2.24) is 0 Å². The fraction of sp³-hybridized carbons (Fsp3) is 0. The number of furan rings is 2. The van der Waals surface area contributed by atoms with E-state index < -0.39 is 0 Å². The normalized spacial score (nSPS) is 11.5. The Kier molecular flexibility index (Phi) is 16.6. The molecule has 0 unspecified atom stereocenters. The van der Waals surface area contributed by atoms with Gasteiger partial charge in [0.25, 0.3) is 0 Å². The number of rotatable bonds is 13. The Morgan fingerprint density at radius 2 is 0.364 bits per heavy atom. The van der Waals surface area contributed by atoms with E-state index >= 15 is 0 Å². The molecule has 516 valence electrons. The Balaban J connectivity index is 0.000000145. The maximum Gasteiger partial charge on any atom is 0.143 e. The molecule has 0 saturated heterocycles. The van der Waals surface area contributed by atoms with Crippen LogP contribution < -0.4 is 9.80 Å². The van der Waals surface area contributed by atoms with Crippen LogP contribution in [-0.2, 0) is 0 Å². The summed E-state index contributed by atoms with van der Waals surface area (Å²) in [5, 5.41) is 14.2. The molecule has 0 aliphatic rings. The van der Waals surface area contributed by atoms with Crippen LogP contribution in [0.2, 0.25) is 0 Å². The van der Waals surface area contributed by atoms with Crippen molar-refractivity contribution in [3.63, 3.8) is 0 Å². The number of fused-ring (bicyclic) bond motifs is 14. The molecular weight excluding hydrogens is 1330 g/mol. The van der Waals surface area contributed by atoms with Gasteiger partial charge in [0.15, 0.2) is 0 Å². The molecule has 21 rings (SSSR count). The summed E-state index contributed by atoms with van der Waals surface area (Å²) in [6, 6.07) is 152. The Bertz CT molecular complexity index is 6840. The second-order valence-corrected chi connectivity index (χ2v) is 28.2. The minimum atomic E-state index is 0.920. The predicted octanol–water partition coefficient (Wildman–Crippen LogP) is 30.4. The lowest BCUT2D eigenvalue weighted by molar-refractivity contribution is 0.673. The molecular formula is C106H70N2O2. The van der Waals surface area contributed by atoms with Gasteiger partial charge in [0, 0.05) is 77.6 Å². The molecule has 19 aromatic carbocycles. The van der Waals surface area contributed by atoms with Crippen LogP contribution in [0.3, 0.4) is 0 Å². The molecule has 0 fully saturated rings. The van der Waals surface area contributed by atoms with Gasteiger partial charge in [0.2, 0.25) is 0 Å². The molecule has 0 saturated carbocycles. The van der Waals surface area contributed by atoms with E-state index in [9.17, 15) is 0 Å². The van der Waals surface area contributed by atoms with Gasteiger partial charge in [0.05, 0.1) is 0 Å². The smallest absolute Gasteiger partial charge is 0.143 e. The third-order valence-electron chi connectivity index (χ3n) is 21.8. The van der Waals surface area contributed by atoms with Crippen molar-refractivity contribution in [1.29, 1.82) is 0 Å². The number of nitrogens with zero attached hydrogens (tertiary/aromatic N) is 2. The first-order chi connectivity index (χ1) is 54.5. The molecule has 0 aliphatic heterocycles. The van der Waals surface area contributed by atoms with Crippen LogP contribution in [0.4, 0.5) is 34.1 Å². The molecule has 0 amide bonds. The van der Waals surface area contributed by atoms with Crippen LogP contribution >= 0.6 is 0 Å². The third-order valence-corrected chi connectivity index (χ3v) is 21.8. The van der Waals surface area contributed by atoms with Crippen molar-refractivity contribution in [2.75, 3.05) is 9.80 Å². The van der Waals surface area contributed by atoms with E-state index in [1.807, 2.05) is 0 Å². The zero-order chi connectivity index (χ0) is 72.9. The zero-order valence-corrected chi connectivity index (χ0v) is 60.1. The summed E-state index contributed by atoms with van der Waals surface area (Å²) in [6.07, 6.45) is 0. The zero-order valence-electron chi connectivity index (χ0n) is 60.1. The summed E-state index contributed by atoms with van der Waals surface area (Å²) in [5.41, 5.74) is 26.7. The molecule has 0 spiro atoms. The summed E-state index contributed by atoms with van der Waals surface area (Å²) >= 11 is 0. The van der Waals surface area contributed by atoms with E-state index in [2.05, 4.69) is 434 Å². The lowest BCUT2D eigenvalue weighted by Gasteiger charge is -2.26. The van der Waals surface area contributed by atoms with Crippen LogP contribution in [0, 0.1) is 0 Å². The Hall–Kier alpha value is -14.6. The first-order valence-corrected chi connectivity index (χ1v) is 37.6. The molecule has 2 aromatic heterocycles. The summed E-state index contributed by atoms with van der Waals surface area (Å²) in [4.78, 5) is 4.64. The maximum absolute atomic E-state index is 6.84. The second kappa shape index (κ2) is 28.0. The van der Waals surface area contributed by atoms with Crippen LogP contribution in [0.25, 0.3) is 165 Å². The topological polar surface area (TPSA) is 32.8 Å². The number of para-hydroxylation sites is 3. The van der Waals surface area contributed by atoms with Crippen molar-refractivity contribution >= 4 is 121 Å². The lowest BCUT2D eigenvalue weighted by atomic mass is 9.97. The number of hydrogen-bond acceptors (Lipinski definition) is 4. The van der Waals surface area contributed by atoms with Crippen LogP contribution in [0.1, 0.15) is 0 Å². The fourth-order valence-corrected chi connectivity index (χ4v) is 16.2. The monoisotopic (exact) mass is 1400 g/mol. The van der Waals surface area contributed by atoms with Gasteiger partial charge in [-0.25, -0.2) is 0 Å². The molecule has 21 aromatic rings. The van der Waals surface area contributed by atoms with E-state index in [1.54, 1.807) is 0 Å². The van der Waals surface area contributed by atoms with Gasteiger partial charge in [0.1, 0.15) is 22.3 Å². The number of anilines is 6. The Labute approximate surface area is 638 Å². The van der Waals surface area contributed by atoms with Crippen molar-refractivity contribution in [3.8, 4) is 77.9 Å². The summed E-state index contributed by atoms with van der Waals surface area (Å²) in [5.74, 6) is 0. The van der Waals surface area contributed by atoms with E-state index in [4.69, 9.17) is 8.83 Å². The molecule has 0 radical (unpaired) electrons. The fourth-order valence-electron chi connectivity index (χ4n) is 16.2. The summed E-state index contributed by atoms with van der Waals surface area (Å²) in [6.45, 7) is 0. The number of hydrogen-bond donors (Lipinski definition) is 0. The molecule has 4 nitrogen and oxygen atoms in total. The SMILES string of the molecule is c1ccc(-c2ccc(N(c3ccc(-c4ccccc4)cc3)c3ccc(-c4ccc(-c5cccc6c5oc5c6ccc6ccc7ccccc7c65)cc4)cc3)cc2)cc1.c1ccc(-c2ccc(N(c3ccccc3)c3ccc(-c4ccc(-c5cccc6c5oc5c6ccc6ccc7ccccc7c65)cc4)cc3)cc2)cc1. The predicted molar refractivity (Wildman–Crippen MR) is 465 cm³/mol. The Morgan fingerprint density at radius 3 is 0.691 bits per heavy atom. The maximum atomic E-state index is 6.84. The van der Waals surface area contributed by atoms with E-state index in [0.717, 1.165) is 111 Å². The third kappa shape index (κ3) is 12.0. The largest absolute Gasteiger partial charge is 0.455 e. The van der Waals surface area contributed by atoms with Crippen LogP contribution in [0.15, 0.2) is 433 Å². The molecule has 110 heavy (non-hydrogen) atoms. The van der Waals surface area contributed by atoms with Gasteiger partial charge >= 0.3 is 0 Å². The highest BCUT2D eigenvalue weighted by atomic mass is 16.3. The first-order valence-electron chi connectivity index (χ1n) is 37.6. The molecule has 4 heteroatoms. The van der Waals surface area contributed by atoms with Gasteiger partial charge < -0.3 is 18.6 Å². The molecule has 2 heterocycles. The van der Waals surface area contributed by atoms with Gasteiger partial charge in [-0.1, -0.05) is 340 Å². The minimum absolute atomic E-state index is 0.920. The summed E-state index contributed by atoms with van der Waals surface area (Å²) < 4.78 is 13.6. The van der Waals surface area contributed by atoms with Crippen molar-refractivity contribution in [2.45, 2.75) is 0 Å². The quantitative estimate of drug-likeness (QED) is 0.108. The minimum Gasteiger partial charge on any atom is -0.455 e. The van der Waals surface area contributed by atoms with Gasteiger partial charge in [-0.15, -0.1) is 0 Å². The highest BCUT2D eigenvalue weighted by Gasteiger charge is 2.21. The van der Waals surface area contributed by atoms with Crippen molar-refractivity contribution in [3.05, 3.63) is 425 Å². The van der Waals surface area contributed by atoms with E-state index in [-0.39, 0.29) is 0 Å². The number of benzene rings is 19. The first kappa shape index (κ1) is 65.0. The van der Waals surface area contributed by atoms with Crippen LogP contribution in [-0.4, -0.2) is 0 Å². The molecule has 0 atom stereocenters. The average molecular weight is 1400 g/mol. The highest BCUT2D eigenvalue weighted by Crippen LogP contribution is 2.46. The van der Waals surface area contributed by atoms with Gasteiger partial charge in [-0.3, -0.25) is 0 Å². The van der Waals surface area contributed by atoms with E-state index in [1.165, 1.54) is 87.6 Å².